The molecule has 0 unspecified atom stereocenters. The molecule has 0 saturated heterocycles. The number of hydrogen-bond donors (Lipinski definition) is 2. The van der Waals surface area contributed by atoms with Crippen molar-refractivity contribution in [3.63, 3.8) is 0 Å². The summed E-state index contributed by atoms with van der Waals surface area (Å²) in [5.41, 5.74) is 3.45. The fraction of sp³-hybridized carbons (Fsp3) is 0.458. The summed E-state index contributed by atoms with van der Waals surface area (Å²) in [7, 11) is 0. The lowest BCUT2D eigenvalue weighted by Gasteiger charge is -2.40. The number of pyridine rings is 1. The molecule has 1 aromatic heterocycles. The van der Waals surface area contributed by atoms with Gasteiger partial charge in [-0.25, -0.2) is 9.78 Å². The van der Waals surface area contributed by atoms with E-state index in [1.807, 2.05) is 52.0 Å². The number of ether oxygens (including phenoxy) is 1. The van der Waals surface area contributed by atoms with Crippen molar-refractivity contribution < 1.29 is 14.3 Å². The standard InChI is InChI=1S/C24H32N4O3/c1-6-19-13-20(26-17(5)29)22-21(28(19)24(30)31-15(2)3)12-16(4)23(27-22)25-14-18-10-8-7-9-11-18/h7-12,15,19-20H,6,13-14H2,1-5H3,(H,25,27)(H,26,29)/t19-,20+/m0/s1. The Morgan fingerprint density at radius 3 is 2.58 bits per heavy atom. The number of rotatable bonds is 6. The molecule has 1 aromatic carbocycles. The van der Waals surface area contributed by atoms with E-state index in [9.17, 15) is 9.59 Å². The molecule has 0 bridgehead atoms. The molecule has 0 saturated carbocycles. The van der Waals surface area contributed by atoms with Crippen molar-refractivity contribution in [1.29, 1.82) is 0 Å². The molecule has 2 N–H and O–H groups in total. The molecule has 166 valence electrons. The van der Waals surface area contributed by atoms with E-state index in [4.69, 9.17) is 9.72 Å². The molecule has 1 aliphatic rings. The zero-order valence-electron chi connectivity index (χ0n) is 18.9. The lowest BCUT2D eigenvalue weighted by atomic mass is 9.92. The lowest BCUT2D eigenvalue weighted by molar-refractivity contribution is -0.119. The first kappa shape index (κ1) is 22.6. The van der Waals surface area contributed by atoms with E-state index in [-0.39, 0.29) is 30.2 Å². The van der Waals surface area contributed by atoms with E-state index < -0.39 is 0 Å². The highest BCUT2D eigenvalue weighted by Gasteiger charge is 2.38. The van der Waals surface area contributed by atoms with Crippen LogP contribution < -0.4 is 15.5 Å². The zero-order valence-corrected chi connectivity index (χ0v) is 18.9. The topological polar surface area (TPSA) is 83.6 Å². The van der Waals surface area contributed by atoms with E-state index in [1.165, 1.54) is 6.92 Å². The Balaban J connectivity index is 1.99. The third-order valence-corrected chi connectivity index (χ3v) is 5.37. The Morgan fingerprint density at radius 2 is 1.97 bits per heavy atom. The predicted molar refractivity (Wildman–Crippen MR) is 122 cm³/mol. The van der Waals surface area contributed by atoms with Crippen molar-refractivity contribution in [2.45, 2.75) is 72.2 Å². The van der Waals surface area contributed by atoms with Crippen molar-refractivity contribution in [2.75, 3.05) is 10.2 Å². The minimum absolute atomic E-state index is 0.0834. The predicted octanol–water partition coefficient (Wildman–Crippen LogP) is 4.71. The average Bonchev–Trinajstić information content (AvgIpc) is 2.71. The van der Waals surface area contributed by atoms with Crippen LogP contribution in [0.15, 0.2) is 36.4 Å². The summed E-state index contributed by atoms with van der Waals surface area (Å²) in [4.78, 5) is 31.4. The number of amides is 2. The van der Waals surface area contributed by atoms with Crippen LogP contribution in [0.4, 0.5) is 16.3 Å². The largest absolute Gasteiger partial charge is 0.446 e. The van der Waals surface area contributed by atoms with Gasteiger partial charge in [0.2, 0.25) is 5.91 Å². The van der Waals surface area contributed by atoms with Gasteiger partial charge in [-0.15, -0.1) is 0 Å². The number of aryl methyl sites for hydroxylation is 1. The van der Waals surface area contributed by atoms with E-state index in [0.717, 1.165) is 23.4 Å². The van der Waals surface area contributed by atoms with Crippen molar-refractivity contribution in [2.24, 2.45) is 0 Å². The SMILES string of the molecule is CC[C@H]1C[C@@H](NC(C)=O)c2nc(NCc3ccccc3)c(C)cc2N1C(=O)OC(C)C. The number of carbonyl (C=O) groups excluding carboxylic acids is 2. The second kappa shape index (κ2) is 9.81. The number of nitrogens with zero attached hydrogens (tertiary/aromatic N) is 2. The third-order valence-electron chi connectivity index (χ3n) is 5.37. The molecular weight excluding hydrogens is 392 g/mol. The smallest absolute Gasteiger partial charge is 0.414 e. The zero-order chi connectivity index (χ0) is 22.5. The molecule has 2 atom stereocenters. The molecule has 31 heavy (non-hydrogen) atoms. The van der Waals surface area contributed by atoms with E-state index in [2.05, 4.69) is 22.8 Å². The minimum atomic E-state index is -0.379. The second-order valence-electron chi connectivity index (χ2n) is 8.25. The Morgan fingerprint density at radius 1 is 1.26 bits per heavy atom. The maximum Gasteiger partial charge on any atom is 0.414 e. The Kier molecular flexibility index (Phi) is 7.15. The fourth-order valence-electron chi connectivity index (χ4n) is 3.94. The summed E-state index contributed by atoms with van der Waals surface area (Å²) in [5.74, 6) is 0.621. The average molecular weight is 425 g/mol. The molecule has 0 spiro atoms. The van der Waals surface area contributed by atoms with Crippen molar-refractivity contribution in [3.05, 3.63) is 53.2 Å². The van der Waals surface area contributed by atoms with Crippen molar-refractivity contribution in [1.82, 2.24) is 10.3 Å². The van der Waals surface area contributed by atoms with Crippen LogP contribution in [0.5, 0.6) is 0 Å². The van der Waals surface area contributed by atoms with Crippen LogP contribution in [0.25, 0.3) is 0 Å². The highest BCUT2D eigenvalue weighted by molar-refractivity contribution is 5.91. The second-order valence-corrected chi connectivity index (χ2v) is 8.25. The van der Waals surface area contributed by atoms with E-state index in [0.29, 0.717) is 24.3 Å². The summed E-state index contributed by atoms with van der Waals surface area (Å²) in [6.45, 7) is 9.81. The number of aromatic nitrogens is 1. The quantitative estimate of drug-likeness (QED) is 0.701. The van der Waals surface area contributed by atoms with Gasteiger partial charge < -0.3 is 15.4 Å². The van der Waals surface area contributed by atoms with Gasteiger partial charge >= 0.3 is 6.09 Å². The van der Waals surface area contributed by atoms with Crippen LogP contribution in [0, 0.1) is 6.92 Å². The molecule has 7 nitrogen and oxygen atoms in total. The summed E-state index contributed by atoms with van der Waals surface area (Å²) >= 11 is 0. The van der Waals surface area contributed by atoms with Gasteiger partial charge in [0.25, 0.3) is 0 Å². The Hall–Kier alpha value is -3.09. The minimum Gasteiger partial charge on any atom is -0.446 e. The third kappa shape index (κ3) is 5.34. The molecule has 3 rings (SSSR count). The number of anilines is 2. The van der Waals surface area contributed by atoms with Gasteiger partial charge in [0.15, 0.2) is 0 Å². The highest BCUT2D eigenvalue weighted by atomic mass is 16.6. The van der Waals surface area contributed by atoms with Gasteiger partial charge in [-0.1, -0.05) is 37.3 Å². The first-order chi connectivity index (χ1) is 14.8. The highest BCUT2D eigenvalue weighted by Crippen LogP contribution is 2.39. The number of benzene rings is 1. The number of nitrogens with one attached hydrogen (secondary N) is 2. The first-order valence-corrected chi connectivity index (χ1v) is 10.9. The van der Waals surface area contributed by atoms with Crippen molar-refractivity contribution in [3.8, 4) is 0 Å². The molecule has 0 fully saturated rings. The van der Waals surface area contributed by atoms with E-state index >= 15 is 0 Å². The first-order valence-electron chi connectivity index (χ1n) is 10.9. The van der Waals surface area contributed by atoms with E-state index in [1.54, 1.807) is 4.90 Å². The lowest BCUT2D eigenvalue weighted by Crippen LogP contribution is -2.48. The van der Waals surface area contributed by atoms with Crippen LogP contribution >= 0.6 is 0 Å². The monoisotopic (exact) mass is 424 g/mol. The number of carbonyl (C=O) groups is 2. The molecule has 0 radical (unpaired) electrons. The summed E-state index contributed by atoms with van der Waals surface area (Å²) in [6.07, 6.45) is 0.734. The molecule has 0 aliphatic carbocycles. The molecule has 2 aromatic rings. The van der Waals surface area contributed by atoms with Gasteiger partial charge in [0.1, 0.15) is 5.82 Å². The molecule has 1 aliphatic heterocycles. The van der Waals surface area contributed by atoms with Crippen LogP contribution in [-0.2, 0) is 16.1 Å². The number of hydrogen-bond acceptors (Lipinski definition) is 5. The number of fused-ring (bicyclic) bond motifs is 1. The van der Waals surface area contributed by atoms with Gasteiger partial charge in [0, 0.05) is 19.5 Å². The van der Waals surface area contributed by atoms with Crippen LogP contribution in [0.3, 0.4) is 0 Å². The summed E-state index contributed by atoms with van der Waals surface area (Å²) in [6, 6.07) is 11.7. The molecule has 2 heterocycles. The van der Waals surface area contributed by atoms with Crippen LogP contribution in [0.2, 0.25) is 0 Å². The van der Waals surface area contributed by atoms with Gasteiger partial charge in [0.05, 0.1) is 23.5 Å². The fourth-order valence-corrected chi connectivity index (χ4v) is 3.94. The van der Waals surface area contributed by atoms with Crippen LogP contribution in [-0.4, -0.2) is 29.1 Å². The van der Waals surface area contributed by atoms with Gasteiger partial charge in [-0.3, -0.25) is 9.69 Å². The maximum absolute atomic E-state index is 12.9. The normalized spacial score (nSPS) is 17.8. The Labute approximate surface area is 184 Å². The Bertz CT molecular complexity index is 930. The maximum atomic E-state index is 12.9. The van der Waals surface area contributed by atoms with Crippen molar-refractivity contribution >= 4 is 23.5 Å². The molecule has 2 amide bonds. The van der Waals surface area contributed by atoms with Gasteiger partial charge in [-0.05, 0) is 50.8 Å². The van der Waals surface area contributed by atoms with Gasteiger partial charge in [-0.2, -0.15) is 0 Å². The summed E-state index contributed by atoms with van der Waals surface area (Å²) in [5, 5.41) is 6.41. The summed E-state index contributed by atoms with van der Waals surface area (Å²) < 4.78 is 5.53. The van der Waals surface area contributed by atoms with Crippen LogP contribution in [0.1, 0.15) is 63.4 Å². The molecule has 7 heteroatoms. The molecular formula is C24H32N4O3.